The molecule has 1 rings (SSSR count). The van der Waals surface area contributed by atoms with Gasteiger partial charge in [-0.15, -0.1) is 0 Å². The largest absolute Gasteiger partial charge is 0.494 e. The maximum atomic E-state index is 14.1. The Morgan fingerprint density at radius 2 is 2.06 bits per heavy atom. The smallest absolute Gasteiger partial charge is 0.168 e. The van der Waals surface area contributed by atoms with Crippen molar-refractivity contribution in [2.75, 3.05) is 14.2 Å². The van der Waals surface area contributed by atoms with Crippen LogP contribution >= 0.6 is 0 Å². The standard InChI is InChI=1S/C15H24FNO/c1-6-15(2,3)13(17-4)10-11-8-7-9-12(18-5)14(11)16/h7-9,13,17H,6,10H2,1-5H3. The van der Waals surface area contributed by atoms with E-state index in [1.54, 1.807) is 6.07 Å². The fourth-order valence-electron chi connectivity index (χ4n) is 2.11. The number of likely N-dealkylation sites (N-methyl/N-ethyl adjacent to an activating group) is 1. The quantitative estimate of drug-likeness (QED) is 0.839. The molecule has 18 heavy (non-hydrogen) atoms. The van der Waals surface area contributed by atoms with Crippen LogP contribution in [0.2, 0.25) is 0 Å². The van der Waals surface area contributed by atoms with E-state index in [0.717, 1.165) is 6.42 Å². The van der Waals surface area contributed by atoms with Crippen molar-refractivity contribution in [3.8, 4) is 5.75 Å². The van der Waals surface area contributed by atoms with Gasteiger partial charge in [-0.25, -0.2) is 4.39 Å². The molecule has 0 fully saturated rings. The number of nitrogens with one attached hydrogen (secondary N) is 1. The number of hydrogen-bond donors (Lipinski definition) is 1. The molecule has 1 N–H and O–H groups in total. The minimum absolute atomic E-state index is 0.129. The zero-order valence-electron chi connectivity index (χ0n) is 12.0. The summed E-state index contributed by atoms with van der Waals surface area (Å²) in [5.41, 5.74) is 0.833. The molecule has 0 spiro atoms. The first-order valence-corrected chi connectivity index (χ1v) is 6.45. The summed E-state index contributed by atoms with van der Waals surface area (Å²) in [6.07, 6.45) is 1.71. The Balaban J connectivity index is 2.96. The third kappa shape index (κ3) is 3.22. The lowest BCUT2D eigenvalue weighted by atomic mass is 9.79. The molecule has 0 aromatic heterocycles. The lowest BCUT2D eigenvalue weighted by Crippen LogP contribution is -2.41. The van der Waals surface area contributed by atoms with Crippen LogP contribution in [-0.2, 0) is 6.42 Å². The molecule has 0 heterocycles. The monoisotopic (exact) mass is 253 g/mol. The Bertz CT molecular complexity index is 390. The van der Waals surface area contributed by atoms with Gasteiger partial charge in [0.25, 0.3) is 0 Å². The van der Waals surface area contributed by atoms with Gasteiger partial charge in [0.05, 0.1) is 7.11 Å². The first kappa shape index (κ1) is 15.0. The van der Waals surface area contributed by atoms with E-state index in [0.29, 0.717) is 17.7 Å². The summed E-state index contributed by atoms with van der Waals surface area (Å²) >= 11 is 0. The zero-order valence-corrected chi connectivity index (χ0v) is 12.0. The molecule has 1 unspecified atom stereocenters. The van der Waals surface area contributed by atoms with Crippen LogP contribution in [0.4, 0.5) is 4.39 Å². The van der Waals surface area contributed by atoms with Crippen LogP contribution in [0.25, 0.3) is 0 Å². The highest BCUT2D eigenvalue weighted by Crippen LogP contribution is 2.29. The minimum atomic E-state index is -0.243. The second kappa shape index (κ2) is 6.19. The van der Waals surface area contributed by atoms with Crippen molar-refractivity contribution in [1.82, 2.24) is 5.32 Å². The summed E-state index contributed by atoms with van der Waals surface area (Å²) in [5.74, 6) is 0.0730. The number of benzene rings is 1. The highest BCUT2D eigenvalue weighted by Gasteiger charge is 2.27. The maximum Gasteiger partial charge on any atom is 0.168 e. The number of rotatable bonds is 6. The average molecular weight is 253 g/mol. The summed E-state index contributed by atoms with van der Waals surface area (Å²) in [5, 5.41) is 3.30. The third-order valence-electron chi connectivity index (χ3n) is 3.89. The average Bonchev–Trinajstić information content (AvgIpc) is 2.37. The molecular formula is C15H24FNO. The predicted octanol–water partition coefficient (Wildman–Crippen LogP) is 3.40. The minimum Gasteiger partial charge on any atom is -0.494 e. The number of methoxy groups -OCH3 is 1. The lowest BCUT2D eigenvalue weighted by Gasteiger charge is -2.33. The van der Waals surface area contributed by atoms with Crippen molar-refractivity contribution in [1.29, 1.82) is 0 Å². The number of halogens is 1. The highest BCUT2D eigenvalue weighted by molar-refractivity contribution is 5.31. The molecule has 0 bridgehead atoms. The molecule has 2 nitrogen and oxygen atoms in total. The van der Waals surface area contributed by atoms with Gasteiger partial charge in [-0.1, -0.05) is 32.9 Å². The van der Waals surface area contributed by atoms with Crippen molar-refractivity contribution in [2.45, 2.75) is 39.7 Å². The van der Waals surface area contributed by atoms with E-state index in [2.05, 4.69) is 26.1 Å². The Hall–Kier alpha value is -1.09. The van der Waals surface area contributed by atoms with Crippen LogP contribution in [-0.4, -0.2) is 20.2 Å². The van der Waals surface area contributed by atoms with Gasteiger partial charge in [0.1, 0.15) is 0 Å². The molecule has 1 aromatic rings. The van der Waals surface area contributed by atoms with E-state index in [9.17, 15) is 4.39 Å². The summed E-state index contributed by atoms with van der Waals surface area (Å²) in [6.45, 7) is 6.56. The molecule has 0 radical (unpaired) electrons. The fourth-order valence-corrected chi connectivity index (χ4v) is 2.11. The number of ether oxygens (including phenoxy) is 1. The first-order chi connectivity index (χ1) is 8.46. The second-order valence-electron chi connectivity index (χ2n) is 5.32. The normalized spacial score (nSPS) is 13.4. The maximum absolute atomic E-state index is 14.1. The van der Waals surface area contributed by atoms with Crippen molar-refractivity contribution >= 4 is 0 Å². The molecule has 0 aliphatic rings. The topological polar surface area (TPSA) is 21.3 Å². The van der Waals surface area contributed by atoms with E-state index in [-0.39, 0.29) is 17.3 Å². The van der Waals surface area contributed by atoms with Gasteiger partial charge in [-0.3, -0.25) is 0 Å². The van der Waals surface area contributed by atoms with E-state index >= 15 is 0 Å². The van der Waals surface area contributed by atoms with Crippen LogP contribution < -0.4 is 10.1 Å². The van der Waals surface area contributed by atoms with Gasteiger partial charge in [0, 0.05) is 6.04 Å². The second-order valence-corrected chi connectivity index (χ2v) is 5.32. The zero-order chi connectivity index (χ0) is 13.8. The van der Waals surface area contributed by atoms with Gasteiger partial charge in [-0.2, -0.15) is 0 Å². The van der Waals surface area contributed by atoms with Crippen LogP contribution in [0, 0.1) is 11.2 Å². The van der Waals surface area contributed by atoms with E-state index in [1.165, 1.54) is 7.11 Å². The van der Waals surface area contributed by atoms with Crippen LogP contribution in [0.15, 0.2) is 18.2 Å². The molecule has 0 aliphatic heterocycles. The Morgan fingerprint density at radius 3 is 2.56 bits per heavy atom. The van der Waals surface area contributed by atoms with Gasteiger partial charge in [0.2, 0.25) is 0 Å². The van der Waals surface area contributed by atoms with Gasteiger partial charge in [0.15, 0.2) is 11.6 Å². The van der Waals surface area contributed by atoms with Crippen molar-refractivity contribution in [3.63, 3.8) is 0 Å². The van der Waals surface area contributed by atoms with E-state index in [4.69, 9.17) is 4.74 Å². The van der Waals surface area contributed by atoms with Crippen molar-refractivity contribution < 1.29 is 9.13 Å². The summed E-state index contributed by atoms with van der Waals surface area (Å²) in [4.78, 5) is 0. The van der Waals surface area contributed by atoms with E-state index < -0.39 is 0 Å². The summed E-state index contributed by atoms with van der Waals surface area (Å²) in [6, 6.07) is 5.55. The van der Waals surface area contributed by atoms with Crippen LogP contribution in [0.1, 0.15) is 32.8 Å². The fraction of sp³-hybridized carbons (Fsp3) is 0.600. The molecule has 0 saturated heterocycles. The Morgan fingerprint density at radius 1 is 1.39 bits per heavy atom. The lowest BCUT2D eigenvalue weighted by molar-refractivity contribution is 0.238. The first-order valence-electron chi connectivity index (χ1n) is 6.45. The van der Waals surface area contributed by atoms with Crippen molar-refractivity contribution in [3.05, 3.63) is 29.6 Å². The molecule has 0 saturated carbocycles. The third-order valence-corrected chi connectivity index (χ3v) is 3.89. The van der Waals surface area contributed by atoms with Gasteiger partial charge >= 0.3 is 0 Å². The Kier molecular flexibility index (Phi) is 5.15. The number of hydrogen-bond acceptors (Lipinski definition) is 2. The van der Waals surface area contributed by atoms with Crippen molar-refractivity contribution in [2.24, 2.45) is 5.41 Å². The molecule has 0 amide bonds. The molecule has 1 aromatic carbocycles. The van der Waals surface area contributed by atoms with Crippen LogP contribution in [0.5, 0.6) is 5.75 Å². The van der Waals surface area contributed by atoms with Gasteiger partial charge in [-0.05, 0) is 36.9 Å². The summed E-state index contributed by atoms with van der Waals surface area (Å²) in [7, 11) is 3.42. The van der Waals surface area contributed by atoms with Gasteiger partial charge < -0.3 is 10.1 Å². The Labute approximate surface area is 110 Å². The highest BCUT2D eigenvalue weighted by atomic mass is 19.1. The summed E-state index contributed by atoms with van der Waals surface area (Å²) < 4.78 is 19.1. The molecule has 3 heteroatoms. The SMILES string of the molecule is CCC(C)(C)C(Cc1cccc(OC)c1F)NC. The molecule has 102 valence electrons. The molecule has 0 aliphatic carbocycles. The van der Waals surface area contributed by atoms with E-state index in [1.807, 2.05) is 19.2 Å². The van der Waals surface area contributed by atoms with Crippen LogP contribution in [0.3, 0.4) is 0 Å². The molecular weight excluding hydrogens is 229 g/mol. The molecule has 1 atom stereocenters. The predicted molar refractivity (Wildman–Crippen MR) is 73.6 cm³/mol.